The molecule has 0 spiro atoms. The Morgan fingerprint density at radius 2 is 2.00 bits per heavy atom. The maximum Gasteiger partial charge on any atom is 0.407 e. The van der Waals surface area contributed by atoms with E-state index in [4.69, 9.17) is 4.74 Å². The molecule has 1 heterocycles. The SMILES string of the molecule is CC(C)NC(=O)O[C@H]1CN(C(C)C)CC1(F)F. The first-order valence-corrected chi connectivity index (χ1v) is 5.81. The van der Waals surface area contributed by atoms with Gasteiger partial charge in [0.25, 0.3) is 5.92 Å². The van der Waals surface area contributed by atoms with Crippen LogP contribution in [0.3, 0.4) is 0 Å². The van der Waals surface area contributed by atoms with E-state index in [1.807, 2.05) is 13.8 Å². The molecule has 1 saturated heterocycles. The Morgan fingerprint density at radius 1 is 1.41 bits per heavy atom. The quantitative estimate of drug-likeness (QED) is 0.831. The molecule has 0 saturated carbocycles. The normalized spacial score (nSPS) is 24.4. The van der Waals surface area contributed by atoms with E-state index in [0.717, 1.165) is 0 Å². The van der Waals surface area contributed by atoms with E-state index < -0.39 is 18.1 Å². The average Bonchev–Trinajstić information content (AvgIpc) is 2.40. The summed E-state index contributed by atoms with van der Waals surface area (Å²) >= 11 is 0. The van der Waals surface area contributed by atoms with Gasteiger partial charge in [0.2, 0.25) is 0 Å². The molecule has 0 aromatic heterocycles. The number of likely N-dealkylation sites (tertiary alicyclic amines) is 1. The van der Waals surface area contributed by atoms with Crippen LogP contribution in [-0.2, 0) is 4.74 Å². The predicted octanol–water partition coefficient (Wildman–Crippen LogP) is 1.85. The Hall–Kier alpha value is -0.910. The highest BCUT2D eigenvalue weighted by atomic mass is 19.3. The molecule has 1 N–H and O–H groups in total. The molecular formula is C11H20F2N2O2. The zero-order valence-electron chi connectivity index (χ0n) is 10.7. The van der Waals surface area contributed by atoms with E-state index >= 15 is 0 Å². The molecule has 0 aromatic carbocycles. The average molecular weight is 250 g/mol. The van der Waals surface area contributed by atoms with Gasteiger partial charge in [0, 0.05) is 18.6 Å². The second-order valence-corrected chi connectivity index (χ2v) is 4.98. The Bertz CT molecular complexity index is 283. The number of halogens is 2. The largest absolute Gasteiger partial charge is 0.438 e. The minimum Gasteiger partial charge on any atom is -0.438 e. The maximum atomic E-state index is 13.6. The molecule has 0 bridgehead atoms. The highest BCUT2D eigenvalue weighted by molar-refractivity contribution is 5.67. The fourth-order valence-electron chi connectivity index (χ4n) is 1.70. The first-order valence-electron chi connectivity index (χ1n) is 5.81. The first-order chi connectivity index (χ1) is 7.72. The lowest BCUT2D eigenvalue weighted by Gasteiger charge is -2.19. The van der Waals surface area contributed by atoms with Crippen LogP contribution in [0.2, 0.25) is 0 Å². The molecule has 1 aliphatic rings. The van der Waals surface area contributed by atoms with Crippen LogP contribution in [0.5, 0.6) is 0 Å². The van der Waals surface area contributed by atoms with Crippen molar-refractivity contribution in [1.82, 2.24) is 10.2 Å². The molecule has 17 heavy (non-hydrogen) atoms. The van der Waals surface area contributed by atoms with E-state index in [1.165, 1.54) is 0 Å². The molecule has 6 heteroatoms. The molecule has 0 aromatic rings. The van der Waals surface area contributed by atoms with Gasteiger partial charge in [-0.2, -0.15) is 0 Å². The number of carbonyl (C=O) groups is 1. The summed E-state index contributed by atoms with van der Waals surface area (Å²) in [5.74, 6) is -2.97. The second kappa shape index (κ2) is 5.16. The zero-order valence-corrected chi connectivity index (χ0v) is 10.7. The molecule has 1 aliphatic heterocycles. The van der Waals surface area contributed by atoms with Crippen LogP contribution in [0.4, 0.5) is 13.6 Å². The number of hydrogen-bond donors (Lipinski definition) is 1. The van der Waals surface area contributed by atoms with Crippen molar-refractivity contribution in [1.29, 1.82) is 0 Å². The number of alkyl carbamates (subject to hydrolysis) is 1. The summed E-state index contributed by atoms with van der Waals surface area (Å²) in [5, 5.41) is 2.44. The number of nitrogens with one attached hydrogen (secondary N) is 1. The van der Waals surface area contributed by atoms with Crippen molar-refractivity contribution in [2.75, 3.05) is 13.1 Å². The molecule has 4 nitrogen and oxygen atoms in total. The van der Waals surface area contributed by atoms with E-state index in [1.54, 1.807) is 18.7 Å². The standard InChI is InChI=1S/C11H20F2N2O2/c1-7(2)14-10(16)17-9-5-15(8(3)4)6-11(9,12)13/h7-9H,5-6H2,1-4H3,(H,14,16)/t9-/m0/s1. The highest BCUT2D eigenvalue weighted by Gasteiger charge is 2.51. The summed E-state index contributed by atoms with van der Waals surface area (Å²) in [6, 6.07) is -0.110. The molecule has 0 aliphatic carbocycles. The van der Waals surface area contributed by atoms with Crippen LogP contribution in [0.15, 0.2) is 0 Å². The van der Waals surface area contributed by atoms with Gasteiger partial charge in [-0.3, -0.25) is 4.90 Å². The van der Waals surface area contributed by atoms with Gasteiger partial charge in [-0.15, -0.1) is 0 Å². The monoisotopic (exact) mass is 250 g/mol. The minimum atomic E-state index is -2.97. The summed E-state index contributed by atoms with van der Waals surface area (Å²) in [6.07, 6.45) is -2.14. The molecular weight excluding hydrogens is 230 g/mol. The van der Waals surface area contributed by atoms with Gasteiger partial charge >= 0.3 is 6.09 Å². The lowest BCUT2D eigenvalue weighted by molar-refractivity contribution is -0.0783. The van der Waals surface area contributed by atoms with Crippen LogP contribution in [0.1, 0.15) is 27.7 Å². The minimum absolute atomic E-state index is 0.0163. The Morgan fingerprint density at radius 3 is 2.41 bits per heavy atom. The van der Waals surface area contributed by atoms with Crippen molar-refractivity contribution in [3.05, 3.63) is 0 Å². The fraction of sp³-hybridized carbons (Fsp3) is 0.909. The summed E-state index contributed by atoms with van der Waals surface area (Å²) in [6.45, 7) is 6.89. The van der Waals surface area contributed by atoms with Crippen molar-refractivity contribution < 1.29 is 18.3 Å². The van der Waals surface area contributed by atoms with Crippen molar-refractivity contribution in [2.24, 2.45) is 0 Å². The maximum absolute atomic E-state index is 13.6. The summed E-state index contributed by atoms with van der Waals surface area (Å²) in [7, 11) is 0. The van der Waals surface area contributed by atoms with Crippen LogP contribution >= 0.6 is 0 Å². The number of amides is 1. The second-order valence-electron chi connectivity index (χ2n) is 4.98. The molecule has 1 rings (SSSR count). The number of nitrogens with zero attached hydrogens (tertiary/aromatic N) is 1. The number of alkyl halides is 2. The van der Waals surface area contributed by atoms with Crippen LogP contribution < -0.4 is 5.32 Å². The summed E-state index contributed by atoms with van der Waals surface area (Å²) < 4.78 is 31.9. The Labute approximate surface area is 100 Å². The first kappa shape index (κ1) is 14.2. The van der Waals surface area contributed by atoms with E-state index in [2.05, 4.69) is 5.32 Å². The third-order valence-corrected chi connectivity index (χ3v) is 2.67. The van der Waals surface area contributed by atoms with Gasteiger partial charge in [0.05, 0.1) is 6.54 Å². The van der Waals surface area contributed by atoms with Gasteiger partial charge in [-0.1, -0.05) is 0 Å². The molecule has 0 radical (unpaired) electrons. The van der Waals surface area contributed by atoms with Gasteiger partial charge in [0.1, 0.15) is 0 Å². The summed E-state index contributed by atoms with van der Waals surface area (Å²) in [4.78, 5) is 12.9. The van der Waals surface area contributed by atoms with Gasteiger partial charge in [-0.25, -0.2) is 13.6 Å². The lowest BCUT2D eigenvalue weighted by atomic mass is 10.2. The van der Waals surface area contributed by atoms with Crippen molar-refractivity contribution >= 4 is 6.09 Å². The zero-order chi connectivity index (χ0) is 13.2. The molecule has 100 valence electrons. The highest BCUT2D eigenvalue weighted by Crippen LogP contribution is 2.31. The number of hydrogen-bond acceptors (Lipinski definition) is 3. The number of rotatable bonds is 3. The third kappa shape index (κ3) is 3.80. The Balaban J connectivity index is 2.56. The van der Waals surface area contributed by atoms with E-state index in [9.17, 15) is 13.6 Å². The topological polar surface area (TPSA) is 41.6 Å². The molecule has 1 amide bonds. The molecule has 0 unspecified atom stereocenters. The van der Waals surface area contributed by atoms with Crippen molar-refractivity contribution in [3.8, 4) is 0 Å². The molecule has 1 atom stereocenters. The fourth-order valence-corrected chi connectivity index (χ4v) is 1.70. The van der Waals surface area contributed by atoms with Crippen LogP contribution in [0, 0.1) is 0 Å². The van der Waals surface area contributed by atoms with Crippen molar-refractivity contribution in [3.63, 3.8) is 0 Å². The van der Waals surface area contributed by atoms with E-state index in [-0.39, 0.29) is 25.2 Å². The Kier molecular flexibility index (Phi) is 4.30. The van der Waals surface area contributed by atoms with Gasteiger partial charge < -0.3 is 10.1 Å². The van der Waals surface area contributed by atoms with Gasteiger partial charge in [0.15, 0.2) is 6.10 Å². The summed E-state index contributed by atoms with van der Waals surface area (Å²) in [5.41, 5.74) is 0. The number of ether oxygens (including phenoxy) is 1. The number of carbonyl (C=O) groups excluding carboxylic acids is 1. The van der Waals surface area contributed by atoms with Gasteiger partial charge in [-0.05, 0) is 27.7 Å². The van der Waals surface area contributed by atoms with Crippen LogP contribution in [-0.4, -0.2) is 48.2 Å². The third-order valence-electron chi connectivity index (χ3n) is 2.67. The lowest BCUT2D eigenvalue weighted by Crippen LogP contribution is -2.40. The van der Waals surface area contributed by atoms with Crippen LogP contribution in [0.25, 0.3) is 0 Å². The van der Waals surface area contributed by atoms with Crippen molar-refractivity contribution in [2.45, 2.75) is 51.8 Å². The molecule has 1 fully saturated rings. The smallest absolute Gasteiger partial charge is 0.407 e. The predicted molar refractivity (Wildman–Crippen MR) is 60.2 cm³/mol. The van der Waals surface area contributed by atoms with E-state index in [0.29, 0.717) is 0 Å².